The number of hydrogen-bond donors (Lipinski definition) is 3. The molecule has 10 nitrogen and oxygen atoms in total. The summed E-state index contributed by atoms with van der Waals surface area (Å²) in [6.07, 6.45) is 0.823. The predicted octanol–water partition coefficient (Wildman–Crippen LogP) is 7.07. The van der Waals surface area contributed by atoms with E-state index in [0.29, 0.717) is 42.5 Å². The van der Waals surface area contributed by atoms with Crippen molar-refractivity contribution in [1.82, 2.24) is 0 Å². The third-order valence-corrected chi connectivity index (χ3v) is 6.64. The Balaban J connectivity index is 2.19. The minimum Gasteiger partial charge on any atom is -0.434 e. The van der Waals surface area contributed by atoms with E-state index in [0.717, 1.165) is 29.9 Å². The summed E-state index contributed by atoms with van der Waals surface area (Å²) < 4.78 is 14.8. The van der Waals surface area contributed by atoms with Crippen LogP contribution in [0.3, 0.4) is 0 Å². The van der Waals surface area contributed by atoms with Crippen molar-refractivity contribution in [2.45, 2.75) is 73.1 Å². The Morgan fingerprint density at radius 2 is 1.56 bits per heavy atom. The van der Waals surface area contributed by atoms with E-state index in [2.05, 4.69) is 43.2 Å². The van der Waals surface area contributed by atoms with Gasteiger partial charge in [-0.05, 0) is 73.8 Å². The highest BCUT2D eigenvalue weighted by Gasteiger charge is 2.21. The number of anilines is 3. The molecule has 2 aromatic rings. The summed E-state index contributed by atoms with van der Waals surface area (Å²) >= 11 is 0. The maximum Gasteiger partial charge on any atom is 0.511 e. The molecule has 0 aliphatic rings. The number of amides is 2. The number of benzene rings is 2. The first-order chi connectivity index (χ1) is 20.5. The molecule has 0 heterocycles. The lowest BCUT2D eigenvalue weighted by Crippen LogP contribution is -2.32. The normalized spacial score (nSPS) is 11.7. The van der Waals surface area contributed by atoms with Crippen LogP contribution in [0, 0.1) is 18.8 Å². The summed E-state index contributed by atoms with van der Waals surface area (Å²) in [6, 6.07) is 13.2. The van der Waals surface area contributed by atoms with Crippen molar-refractivity contribution in [3.63, 3.8) is 0 Å². The van der Waals surface area contributed by atoms with Crippen molar-refractivity contribution in [2.75, 3.05) is 48.6 Å². The maximum atomic E-state index is 13.1. The van der Waals surface area contributed by atoms with Crippen LogP contribution in [-0.4, -0.2) is 56.4 Å². The summed E-state index contributed by atoms with van der Waals surface area (Å²) in [5.74, 6) is 0.116. The summed E-state index contributed by atoms with van der Waals surface area (Å²) in [7, 11) is 0. The summed E-state index contributed by atoms with van der Waals surface area (Å²) in [5.41, 5.74) is 4.24. The van der Waals surface area contributed by atoms with E-state index in [-0.39, 0.29) is 31.6 Å². The average molecular weight is 600 g/mol. The number of urea groups is 1. The van der Waals surface area contributed by atoms with E-state index in [1.807, 2.05) is 56.3 Å². The molecule has 2 rings (SSSR count). The lowest BCUT2D eigenvalue weighted by molar-refractivity contribution is -0.153. The van der Waals surface area contributed by atoms with Gasteiger partial charge in [0.05, 0.1) is 24.4 Å². The van der Waals surface area contributed by atoms with Gasteiger partial charge in [-0.25, -0.2) is 9.59 Å². The van der Waals surface area contributed by atoms with E-state index in [1.54, 1.807) is 0 Å². The molecule has 43 heavy (non-hydrogen) atoms. The number of aliphatic hydroxyl groups is 1. The largest absolute Gasteiger partial charge is 0.511 e. The van der Waals surface area contributed by atoms with Gasteiger partial charge >= 0.3 is 18.2 Å². The molecule has 1 unspecified atom stereocenters. The van der Waals surface area contributed by atoms with Crippen molar-refractivity contribution >= 4 is 35.2 Å². The topological polar surface area (TPSA) is 126 Å². The van der Waals surface area contributed by atoms with Crippen molar-refractivity contribution in [2.24, 2.45) is 11.8 Å². The number of aryl methyl sites for hydroxylation is 1. The van der Waals surface area contributed by atoms with Gasteiger partial charge in [-0.15, -0.1) is 0 Å². The van der Waals surface area contributed by atoms with Crippen molar-refractivity contribution in [3.05, 3.63) is 53.6 Å². The van der Waals surface area contributed by atoms with Gasteiger partial charge < -0.3 is 34.9 Å². The molecular weight excluding hydrogens is 550 g/mol. The van der Waals surface area contributed by atoms with Gasteiger partial charge in [-0.1, -0.05) is 58.4 Å². The Kier molecular flexibility index (Phi) is 15.4. The predicted molar refractivity (Wildman–Crippen MR) is 170 cm³/mol. The highest BCUT2D eigenvalue weighted by atomic mass is 16.8. The van der Waals surface area contributed by atoms with Crippen LogP contribution in [0.25, 0.3) is 0 Å². The Labute approximate surface area is 256 Å². The second-order valence-electron chi connectivity index (χ2n) is 11.5. The number of carbonyl (C=O) groups is 3. The van der Waals surface area contributed by atoms with Gasteiger partial charge in [0.2, 0.25) is 6.79 Å². The van der Waals surface area contributed by atoms with Gasteiger partial charge in [-0.3, -0.25) is 4.79 Å². The second kappa shape index (κ2) is 18.7. The number of nitrogens with zero attached hydrogens (tertiary/aromatic N) is 1. The lowest BCUT2D eigenvalue weighted by Gasteiger charge is -2.31. The van der Waals surface area contributed by atoms with Crippen LogP contribution in [0.2, 0.25) is 0 Å². The van der Waals surface area contributed by atoms with Crippen molar-refractivity contribution < 1.29 is 33.7 Å². The van der Waals surface area contributed by atoms with Crippen LogP contribution in [0.5, 0.6) is 0 Å². The van der Waals surface area contributed by atoms with Gasteiger partial charge in [0.1, 0.15) is 0 Å². The van der Waals surface area contributed by atoms with Crippen LogP contribution in [0.4, 0.5) is 26.7 Å². The zero-order chi connectivity index (χ0) is 31.8. The summed E-state index contributed by atoms with van der Waals surface area (Å²) in [6.45, 7) is 13.9. The number of carbonyl (C=O) groups excluding carboxylic acids is 3. The molecule has 2 amide bonds. The zero-order valence-electron chi connectivity index (χ0n) is 26.5. The molecule has 0 fully saturated rings. The molecule has 10 heteroatoms. The molecule has 0 radical (unpaired) electrons. The molecule has 3 N–H and O–H groups in total. The Bertz CT molecular complexity index is 1140. The Morgan fingerprint density at radius 3 is 2.16 bits per heavy atom. The highest BCUT2D eigenvalue weighted by Crippen LogP contribution is 2.34. The van der Waals surface area contributed by atoms with E-state index in [4.69, 9.17) is 19.3 Å². The number of unbranched alkanes of at least 4 members (excludes halogenated alkanes) is 1. The fraction of sp³-hybridized carbons (Fsp3) is 0.545. The number of ether oxygens (including phenoxy) is 3. The number of rotatable bonds is 17. The average Bonchev–Trinajstić information content (AvgIpc) is 2.94. The Morgan fingerprint density at radius 1 is 0.884 bits per heavy atom. The molecule has 0 saturated carbocycles. The minimum atomic E-state index is -0.930. The summed E-state index contributed by atoms with van der Waals surface area (Å²) in [5, 5.41) is 14.7. The van der Waals surface area contributed by atoms with Crippen LogP contribution in [0.15, 0.2) is 42.5 Å². The zero-order valence-corrected chi connectivity index (χ0v) is 26.5. The van der Waals surface area contributed by atoms with E-state index >= 15 is 0 Å². The Hall–Kier alpha value is -3.79. The van der Waals surface area contributed by atoms with Gasteiger partial charge in [0, 0.05) is 25.4 Å². The van der Waals surface area contributed by atoms with E-state index in [9.17, 15) is 14.4 Å². The number of esters is 1. The molecule has 0 bridgehead atoms. The monoisotopic (exact) mass is 599 g/mol. The highest BCUT2D eigenvalue weighted by molar-refractivity contribution is 6.02. The third-order valence-electron chi connectivity index (χ3n) is 6.64. The maximum absolute atomic E-state index is 13.1. The third kappa shape index (κ3) is 13.4. The number of nitrogens with one attached hydrogen (secondary N) is 2. The first kappa shape index (κ1) is 35.4. The fourth-order valence-electron chi connectivity index (χ4n) is 4.57. The standard InChI is InChI=1S/C33H49N3O7/c1-7-26(19-31(38)42-22-43-33(40)41-17-9-8-16-37)27-12-15-30(36(20-23(2)3)21-24(4)5)29(18-27)35-32(39)34-28-13-10-25(6)11-14-28/h10-15,18,23-24,26,37H,7-9,16-17,19-22H2,1-6H3,(H2,34,35,39). The molecule has 0 aliphatic heterocycles. The smallest absolute Gasteiger partial charge is 0.434 e. The molecule has 1 atom stereocenters. The van der Waals surface area contributed by atoms with Crippen LogP contribution >= 0.6 is 0 Å². The van der Waals surface area contributed by atoms with E-state index in [1.165, 1.54) is 0 Å². The van der Waals surface area contributed by atoms with Crippen molar-refractivity contribution in [1.29, 1.82) is 0 Å². The molecule has 0 aliphatic carbocycles. The lowest BCUT2D eigenvalue weighted by atomic mass is 9.92. The minimum absolute atomic E-state index is 0.0175. The number of aliphatic hydroxyl groups excluding tert-OH is 1. The molecule has 0 aromatic heterocycles. The van der Waals surface area contributed by atoms with Gasteiger partial charge in [-0.2, -0.15) is 0 Å². The van der Waals surface area contributed by atoms with Gasteiger partial charge in [0.25, 0.3) is 0 Å². The second-order valence-corrected chi connectivity index (χ2v) is 11.5. The van der Waals surface area contributed by atoms with Crippen molar-refractivity contribution in [3.8, 4) is 0 Å². The van der Waals surface area contributed by atoms with Crippen LogP contribution in [0.1, 0.15) is 77.3 Å². The number of hydrogen-bond acceptors (Lipinski definition) is 8. The molecule has 0 saturated heterocycles. The first-order valence-corrected chi connectivity index (χ1v) is 15.1. The SMILES string of the molecule is CCC(CC(=O)OCOC(=O)OCCCCO)c1ccc(N(CC(C)C)CC(C)C)c(NC(=O)Nc2ccc(C)cc2)c1. The van der Waals surface area contributed by atoms with Crippen LogP contribution < -0.4 is 15.5 Å². The summed E-state index contributed by atoms with van der Waals surface area (Å²) in [4.78, 5) is 39.6. The molecule has 2 aromatic carbocycles. The molecular formula is C33H49N3O7. The fourth-order valence-corrected chi connectivity index (χ4v) is 4.57. The molecule has 238 valence electrons. The molecule has 0 spiro atoms. The van der Waals surface area contributed by atoms with Gasteiger partial charge in [0.15, 0.2) is 0 Å². The first-order valence-electron chi connectivity index (χ1n) is 15.1. The quantitative estimate of drug-likeness (QED) is 0.100. The van der Waals surface area contributed by atoms with E-state index < -0.39 is 18.9 Å². The van der Waals surface area contributed by atoms with Crippen LogP contribution in [-0.2, 0) is 19.0 Å².